The molecule has 1 fully saturated rings. The molecule has 0 amide bonds. The number of rotatable bonds is 3. The molecule has 0 unspecified atom stereocenters. The summed E-state index contributed by atoms with van der Waals surface area (Å²) in [5, 5.41) is 0. The SMILES string of the molecule is C=C[C@@H]1C[C@H](Cc2ccccc2)[C@H]2C(=O)C=CC(=C)[C@H]21. The fourth-order valence-corrected chi connectivity index (χ4v) is 3.90. The quantitative estimate of drug-likeness (QED) is 0.755. The summed E-state index contributed by atoms with van der Waals surface area (Å²) in [4.78, 5) is 12.3. The van der Waals surface area contributed by atoms with E-state index in [9.17, 15) is 4.79 Å². The van der Waals surface area contributed by atoms with Crippen molar-refractivity contribution < 1.29 is 4.79 Å². The van der Waals surface area contributed by atoms with Crippen LogP contribution >= 0.6 is 0 Å². The van der Waals surface area contributed by atoms with Gasteiger partial charge >= 0.3 is 0 Å². The molecule has 102 valence electrons. The van der Waals surface area contributed by atoms with Crippen LogP contribution in [0.1, 0.15) is 12.0 Å². The fraction of sp³-hybridized carbons (Fsp3) is 0.316. The van der Waals surface area contributed by atoms with Gasteiger partial charge in [-0.2, -0.15) is 0 Å². The normalized spacial score (nSPS) is 32.2. The number of carbonyl (C=O) groups excluding carboxylic acids is 1. The van der Waals surface area contributed by atoms with Crippen LogP contribution in [0, 0.1) is 23.7 Å². The molecule has 3 rings (SSSR count). The van der Waals surface area contributed by atoms with E-state index < -0.39 is 0 Å². The third-order valence-electron chi connectivity index (χ3n) is 4.79. The molecule has 2 aliphatic rings. The zero-order valence-electron chi connectivity index (χ0n) is 11.7. The standard InChI is InChI=1S/C19H20O/c1-3-15-12-16(11-14-7-5-4-6-8-14)19-17(20)10-9-13(2)18(15)19/h3-10,15-16,18-19H,1-2,11-12H2/t15-,16+,18+,19+/m1/s1. The smallest absolute Gasteiger partial charge is 0.159 e. The second kappa shape index (κ2) is 5.24. The van der Waals surface area contributed by atoms with E-state index in [1.165, 1.54) is 5.56 Å². The molecule has 1 aromatic carbocycles. The molecule has 0 saturated heterocycles. The maximum Gasteiger partial charge on any atom is 0.159 e. The van der Waals surface area contributed by atoms with Crippen LogP contribution < -0.4 is 0 Å². The van der Waals surface area contributed by atoms with E-state index in [0.29, 0.717) is 11.8 Å². The third kappa shape index (κ3) is 2.18. The summed E-state index contributed by atoms with van der Waals surface area (Å²) in [7, 11) is 0. The van der Waals surface area contributed by atoms with E-state index in [-0.39, 0.29) is 17.6 Å². The highest BCUT2D eigenvalue weighted by atomic mass is 16.1. The van der Waals surface area contributed by atoms with Crippen molar-refractivity contribution >= 4 is 5.78 Å². The van der Waals surface area contributed by atoms with Crippen LogP contribution in [0.4, 0.5) is 0 Å². The second-order valence-corrected chi connectivity index (χ2v) is 5.95. The van der Waals surface area contributed by atoms with Crippen molar-refractivity contribution in [2.75, 3.05) is 0 Å². The molecule has 0 bridgehead atoms. The lowest BCUT2D eigenvalue weighted by atomic mass is 9.75. The van der Waals surface area contributed by atoms with Crippen molar-refractivity contribution in [3.05, 3.63) is 72.9 Å². The largest absolute Gasteiger partial charge is 0.295 e. The molecule has 1 heteroatoms. The molecule has 0 spiro atoms. The Kier molecular flexibility index (Phi) is 3.43. The predicted molar refractivity (Wildman–Crippen MR) is 82.2 cm³/mol. The highest BCUT2D eigenvalue weighted by Crippen LogP contribution is 2.49. The Hall–Kier alpha value is -1.89. The zero-order valence-corrected chi connectivity index (χ0v) is 11.7. The molecule has 0 aliphatic heterocycles. The van der Waals surface area contributed by atoms with Gasteiger partial charge in [-0.1, -0.05) is 54.6 Å². The van der Waals surface area contributed by atoms with Gasteiger partial charge in [0.15, 0.2) is 5.78 Å². The number of allylic oxidation sites excluding steroid dienone is 4. The Morgan fingerprint density at radius 3 is 2.60 bits per heavy atom. The predicted octanol–water partition coefficient (Wildman–Crippen LogP) is 3.98. The van der Waals surface area contributed by atoms with E-state index >= 15 is 0 Å². The zero-order chi connectivity index (χ0) is 14.1. The van der Waals surface area contributed by atoms with Gasteiger partial charge in [-0.15, -0.1) is 6.58 Å². The second-order valence-electron chi connectivity index (χ2n) is 5.95. The van der Waals surface area contributed by atoms with Gasteiger partial charge in [0, 0.05) is 5.92 Å². The first kappa shape index (κ1) is 13.1. The Bertz CT molecular complexity index is 567. The van der Waals surface area contributed by atoms with E-state index in [1.807, 2.05) is 18.2 Å². The van der Waals surface area contributed by atoms with E-state index in [0.717, 1.165) is 18.4 Å². The van der Waals surface area contributed by atoms with Crippen molar-refractivity contribution in [1.29, 1.82) is 0 Å². The van der Waals surface area contributed by atoms with Crippen LogP contribution in [-0.4, -0.2) is 5.78 Å². The molecule has 1 nitrogen and oxygen atoms in total. The molecule has 1 aromatic rings. The Morgan fingerprint density at radius 2 is 1.90 bits per heavy atom. The number of fused-ring (bicyclic) bond motifs is 1. The van der Waals surface area contributed by atoms with Crippen molar-refractivity contribution in [3.63, 3.8) is 0 Å². The van der Waals surface area contributed by atoms with Crippen molar-refractivity contribution in [1.82, 2.24) is 0 Å². The van der Waals surface area contributed by atoms with E-state index in [4.69, 9.17) is 0 Å². The first-order valence-electron chi connectivity index (χ1n) is 7.28. The third-order valence-corrected chi connectivity index (χ3v) is 4.79. The fourth-order valence-electron chi connectivity index (χ4n) is 3.90. The van der Waals surface area contributed by atoms with E-state index in [2.05, 4.69) is 37.4 Å². The highest BCUT2D eigenvalue weighted by Gasteiger charge is 2.46. The van der Waals surface area contributed by atoms with Gasteiger partial charge in [-0.05, 0) is 42.2 Å². The Balaban J connectivity index is 1.89. The molecule has 0 radical (unpaired) electrons. The first-order chi connectivity index (χ1) is 9.70. The summed E-state index contributed by atoms with van der Waals surface area (Å²) >= 11 is 0. The van der Waals surface area contributed by atoms with E-state index in [1.54, 1.807) is 6.08 Å². The average Bonchev–Trinajstić information content (AvgIpc) is 2.84. The number of hydrogen-bond donors (Lipinski definition) is 0. The molecule has 0 N–H and O–H groups in total. The maximum absolute atomic E-state index is 12.3. The first-order valence-corrected chi connectivity index (χ1v) is 7.28. The summed E-state index contributed by atoms with van der Waals surface area (Å²) in [5.41, 5.74) is 2.41. The minimum atomic E-state index is 0.0932. The summed E-state index contributed by atoms with van der Waals surface area (Å²) in [6.45, 7) is 8.10. The molecule has 0 aromatic heterocycles. The van der Waals surface area contributed by atoms with Gasteiger partial charge in [0.1, 0.15) is 0 Å². The summed E-state index contributed by atoms with van der Waals surface area (Å²) in [5.74, 6) is 1.41. The van der Waals surface area contributed by atoms with Gasteiger partial charge in [-0.3, -0.25) is 4.79 Å². The van der Waals surface area contributed by atoms with Gasteiger partial charge in [0.25, 0.3) is 0 Å². The molecular weight excluding hydrogens is 244 g/mol. The Morgan fingerprint density at radius 1 is 1.15 bits per heavy atom. The Labute approximate surface area is 120 Å². The number of benzene rings is 1. The monoisotopic (exact) mass is 264 g/mol. The molecular formula is C19H20O. The van der Waals surface area contributed by atoms with Crippen LogP contribution in [0.25, 0.3) is 0 Å². The molecule has 0 heterocycles. The average molecular weight is 264 g/mol. The highest BCUT2D eigenvalue weighted by molar-refractivity contribution is 5.94. The number of hydrogen-bond acceptors (Lipinski definition) is 1. The molecule has 2 aliphatic carbocycles. The molecule has 20 heavy (non-hydrogen) atoms. The minimum absolute atomic E-state index is 0.0932. The van der Waals surface area contributed by atoms with Crippen molar-refractivity contribution in [3.8, 4) is 0 Å². The van der Waals surface area contributed by atoms with Crippen LogP contribution in [-0.2, 0) is 11.2 Å². The minimum Gasteiger partial charge on any atom is -0.295 e. The lowest BCUT2D eigenvalue weighted by molar-refractivity contribution is -0.120. The number of carbonyl (C=O) groups is 1. The van der Waals surface area contributed by atoms with Crippen LogP contribution in [0.5, 0.6) is 0 Å². The van der Waals surface area contributed by atoms with Crippen LogP contribution in [0.3, 0.4) is 0 Å². The van der Waals surface area contributed by atoms with Gasteiger partial charge < -0.3 is 0 Å². The van der Waals surface area contributed by atoms with Crippen LogP contribution in [0.15, 0.2) is 67.3 Å². The lowest BCUT2D eigenvalue weighted by Gasteiger charge is -2.28. The van der Waals surface area contributed by atoms with Crippen LogP contribution in [0.2, 0.25) is 0 Å². The molecule has 1 saturated carbocycles. The summed E-state index contributed by atoms with van der Waals surface area (Å²) in [6.07, 6.45) is 7.64. The van der Waals surface area contributed by atoms with Crippen molar-refractivity contribution in [2.24, 2.45) is 23.7 Å². The van der Waals surface area contributed by atoms with Gasteiger partial charge in [0.2, 0.25) is 0 Å². The summed E-state index contributed by atoms with van der Waals surface area (Å²) in [6, 6.07) is 10.5. The summed E-state index contributed by atoms with van der Waals surface area (Å²) < 4.78 is 0. The van der Waals surface area contributed by atoms with Gasteiger partial charge in [0.05, 0.1) is 0 Å². The lowest BCUT2D eigenvalue weighted by Crippen LogP contribution is -2.29. The maximum atomic E-state index is 12.3. The van der Waals surface area contributed by atoms with Crippen molar-refractivity contribution in [2.45, 2.75) is 12.8 Å². The van der Waals surface area contributed by atoms with Gasteiger partial charge in [-0.25, -0.2) is 0 Å². The number of ketones is 1. The topological polar surface area (TPSA) is 17.1 Å². The molecule has 4 atom stereocenters.